The summed E-state index contributed by atoms with van der Waals surface area (Å²) in [4.78, 5) is 12.1. The van der Waals surface area contributed by atoms with Crippen LogP contribution in [0.3, 0.4) is 0 Å². The highest BCUT2D eigenvalue weighted by atomic mass is 79.9. The molecule has 1 aromatic rings. The van der Waals surface area contributed by atoms with Crippen molar-refractivity contribution >= 4 is 51.5 Å². The monoisotopic (exact) mass is 368 g/mol. The zero-order chi connectivity index (χ0) is 13.1. The first-order chi connectivity index (χ1) is 8.58. The van der Waals surface area contributed by atoms with Crippen LogP contribution in [0.2, 0.25) is 5.02 Å². The lowest BCUT2D eigenvalue weighted by atomic mass is 10.1. The summed E-state index contributed by atoms with van der Waals surface area (Å²) < 4.78 is 6.19. The van der Waals surface area contributed by atoms with Crippen LogP contribution in [0.5, 0.6) is 0 Å². The maximum Gasteiger partial charge on any atom is 0.244 e. The Bertz CT molecular complexity index is 459. The molecule has 0 unspecified atom stereocenters. The number of anilines is 1. The van der Waals surface area contributed by atoms with E-state index in [1.807, 2.05) is 6.92 Å². The van der Waals surface area contributed by atoms with Gasteiger partial charge in [-0.3, -0.25) is 4.79 Å². The average Bonchev–Trinajstić information content (AvgIpc) is 2.34. The molecule has 1 fully saturated rings. The maximum atomic E-state index is 12.1. The van der Waals surface area contributed by atoms with Crippen molar-refractivity contribution in [1.29, 1.82) is 0 Å². The van der Waals surface area contributed by atoms with E-state index < -0.39 is 0 Å². The summed E-state index contributed by atoms with van der Waals surface area (Å²) in [6, 6.07) is 4.94. The third-order valence-electron chi connectivity index (χ3n) is 2.79. The molecule has 106 valence electrons. The number of ether oxygens (including phenoxy) is 1. The quantitative estimate of drug-likeness (QED) is 0.842. The van der Waals surface area contributed by atoms with E-state index in [4.69, 9.17) is 16.3 Å². The molecule has 2 N–H and O–H groups in total. The zero-order valence-electron chi connectivity index (χ0n) is 10.3. The lowest BCUT2D eigenvalue weighted by Crippen LogP contribution is -2.53. The second kappa shape index (κ2) is 7.45. The molecule has 0 aromatic heterocycles. The molecule has 0 aliphatic carbocycles. The van der Waals surface area contributed by atoms with E-state index in [0.29, 0.717) is 23.9 Å². The molecule has 1 saturated heterocycles. The third-order valence-corrected chi connectivity index (χ3v) is 4.00. The number of morpholine rings is 1. The molecule has 2 atom stereocenters. The van der Waals surface area contributed by atoms with Gasteiger partial charge in [-0.15, -0.1) is 12.4 Å². The Morgan fingerprint density at radius 2 is 2.32 bits per heavy atom. The molecule has 2 rings (SSSR count). The summed E-state index contributed by atoms with van der Waals surface area (Å²) in [7, 11) is 0. The number of hydrogen-bond donors (Lipinski definition) is 2. The van der Waals surface area contributed by atoms with Gasteiger partial charge in [-0.05, 0) is 41.1 Å². The van der Waals surface area contributed by atoms with Crippen molar-refractivity contribution in [1.82, 2.24) is 5.32 Å². The van der Waals surface area contributed by atoms with E-state index in [2.05, 4.69) is 26.6 Å². The molecular weight excluding hydrogens is 355 g/mol. The fraction of sp³-hybridized carbons (Fsp3) is 0.417. The first-order valence-corrected chi connectivity index (χ1v) is 6.86. The summed E-state index contributed by atoms with van der Waals surface area (Å²) in [5.74, 6) is -0.101. The second-order valence-corrected chi connectivity index (χ2v) is 5.39. The van der Waals surface area contributed by atoms with Crippen LogP contribution < -0.4 is 10.6 Å². The molecule has 0 bridgehead atoms. The normalized spacial score (nSPS) is 22.5. The molecule has 0 saturated carbocycles. The van der Waals surface area contributed by atoms with Crippen LogP contribution in [-0.4, -0.2) is 31.2 Å². The van der Waals surface area contributed by atoms with Gasteiger partial charge in [0.05, 0.1) is 17.7 Å². The Morgan fingerprint density at radius 1 is 1.58 bits per heavy atom. The molecule has 19 heavy (non-hydrogen) atoms. The molecule has 0 radical (unpaired) electrons. The standard InChI is InChI=1S/C12H14BrClN2O2.ClH/c1-7-11(15-4-5-18-7)12(17)16-8-2-3-10(14)9(13)6-8;/h2-3,6-7,11,15H,4-5H2,1H3,(H,16,17);1H/t7-,11+;/m1./s1. The molecular formula is C12H15BrCl2N2O2. The van der Waals surface area contributed by atoms with Gasteiger partial charge in [-0.1, -0.05) is 11.6 Å². The van der Waals surface area contributed by atoms with E-state index in [-0.39, 0.29) is 30.5 Å². The number of amides is 1. The number of carbonyl (C=O) groups excluding carboxylic acids is 1. The predicted octanol–water partition coefficient (Wildman–Crippen LogP) is 2.84. The largest absolute Gasteiger partial charge is 0.375 e. The van der Waals surface area contributed by atoms with Crippen LogP contribution in [0, 0.1) is 0 Å². The molecule has 1 heterocycles. The molecule has 7 heteroatoms. The zero-order valence-corrected chi connectivity index (χ0v) is 13.4. The second-order valence-electron chi connectivity index (χ2n) is 4.13. The van der Waals surface area contributed by atoms with Crippen LogP contribution in [0.4, 0.5) is 5.69 Å². The highest BCUT2D eigenvalue weighted by Gasteiger charge is 2.28. The van der Waals surface area contributed by atoms with E-state index >= 15 is 0 Å². The molecule has 0 spiro atoms. The van der Waals surface area contributed by atoms with Crippen molar-refractivity contribution in [3.8, 4) is 0 Å². The Morgan fingerprint density at radius 3 is 2.95 bits per heavy atom. The summed E-state index contributed by atoms with van der Waals surface area (Å²) in [5, 5.41) is 6.59. The number of hydrogen-bond acceptors (Lipinski definition) is 3. The highest BCUT2D eigenvalue weighted by molar-refractivity contribution is 9.10. The van der Waals surface area contributed by atoms with Crippen molar-refractivity contribution in [2.75, 3.05) is 18.5 Å². The fourth-order valence-electron chi connectivity index (χ4n) is 1.82. The van der Waals surface area contributed by atoms with Crippen molar-refractivity contribution < 1.29 is 9.53 Å². The fourth-order valence-corrected chi connectivity index (χ4v) is 2.32. The summed E-state index contributed by atoms with van der Waals surface area (Å²) in [6.07, 6.45) is -0.130. The number of carbonyl (C=O) groups is 1. The van der Waals surface area contributed by atoms with Crippen molar-refractivity contribution in [3.05, 3.63) is 27.7 Å². The van der Waals surface area contributed by atoms with Gasteiger partial charge in [0.1, 0.15) is 6.04 Å². The van der Waals surface area contributed by atoms with Gasteiger partial charge in [0.25, 0.3) is 0 Å². The number of nitrogens with one attached hydrogen (secondary N) is 2. The van der Waals surface area contributed by atoms with Crippen molar-refractivity contribution in [3.63, 3.8) is 0 Å². The average molecular weight is 370 g/mol. The van der Waals surface area contributed by atoms with E-state index in [1.165, 1.54) is 0 Å². The van der Waals surface area contributed by atoms with Crippen molar-refractivity contribution in [2.45, 2.75) is 19.1 Å². The lowest BCUT2D eigenvalue weighted by Gasteiger charge is -2.29. The van der Waals surface area contributed by atoms with Gasteiger partial charge >= 0.3 is 0 Å². The predicted molar refractivity (Wildman–Crippen MR) is 82.2 cm³/mol. The topological polar surface area (TPSA) is 50.4 Å². The first kappa shape index (κ1) is 16.7. The Balaban J connectivity index is 0.00000180. The van der Waals surface area contributed by atoms with Crippen molar-refractivity contribution in [2.24, 2.45) is 0 Å². The third kappa shape index (κ3) is 4.33. The Hall–Kier alpha value is -0.330. The van der Waals surface area contributed by atoms with Gasteiger partial charge in [-0.25, -0.2) is 0 Å². The van der Waals surface area contributed by atoms with E-state index in [1.54, 1.807) is 18.2 Å². The number of halogens is 3. The molecule has 1 aliphatic rings. The van der Waals surface area contributed by atoms with Gasteiger partial charge < -0.3 is 15.4 Å². The van der Waals surface area contributed by atoms with Crippen LogP contribution in [0.25, 0.3) is 0 Å². The number of benzene rings is 1. The molecule has 1 aliphatic heterocycles. The minimum absolute atomic E-state index is 0. The maximum absolute atomic E-state index is 12.1. The van der Waals surface area contributed by atoms with Crippen LogP contribution in [-0.2, 0) is 9.53 Å². The van der Waals surface area contributed by atoms with Crippen LogP contribution in [0.15, 0.2) is 22.7 Å². The molecule has 1 aromatic carbocycles. The van der Waals surface area contributed by atoms with E-state index in [0.717, 1.165) is 4.47 Å². The molecule has 1 amide bonds. The Kier molecular flexibility index (Phi) is 6.56. The van der Waals surface area contributed by atoms with Gasteiger partial charge in [0, 0.05) is 16.7 Å². The smallest absolute Gasteiger partial charge is 0.244 e. The Labute approximate surface area is 131 Å². The van der Waals surface area contributed by atoms with Gasteiger partial charge in [0.15, 0.2) is 0 Å². The minimum atomic E-state index is -0.326. The number of rotatable bonds is 2. The SMILES string of the molecule is C[C@H]1OCCN[C@@H]1C(=O)Nc1ccc(Cl)c(Br)c1.Cl. The highest BCUT2D eigenvalue weighted by Crippen LogP contribution is 2.25. The van der Waals surface area contributed by atoms with Crippen LogP contribution >= 0.6 is 39.9 Å². The first-order valence-electron chi connectivity index (χ1n) is 5.69. The van der Waals surface area contributed by atoms with Crippen LogP contribution in [0.1, 0.15) is 6.92 Å². The van der Waals surface area contributed by atoms with Gasteiger partial charge in [0.2, 0.25) is 5.91 Å². The summed E-state index contributed by atoms with van der Waals surface area (Å²) >= 11 is 9.22. The lowest BCUT2D eigenvalue weighted by molar-refractivity contribution is -0.123. The summed E-state index contributed by atoms with van der Waals surface area (Å²) in [5.41, 5.74) is 0.704. The van der Waals surface area contributed by atoms with E-state index in [9.17, 15) is 4.79 Å². The molecule has 4 nitrogen and oxygen atoms in total. The van der Waals surface area contributed by atoms with Gasteiger partial charge in [-0.2, -0.15) is 0 Å². The minimum Gasteiger partial charge on any atom is -0.375 e. The summed E-state index contributed by atoms with van der Waals surface area (Å²) in [6.45, 7) is 3.21.